The number of halogens is 1. The Morgan fingerprint density at radius 2 is 1.52 bits per heavy atom. The van der Waals surface area contributed by atoms with Gasteiger partial charge >= 0.3 is 11.9 Å². The Bertz CT molecular complexity index is 499. The Labute approximate surface area is 136 Å². The van der Waals surface area contributed by atoms with E-state index in [9.17, 15) is 14.4 Å². The molecule has 0 saturated heterocycles. The van der Waals surface area contributed by atoms with E-state index < -0.39 is 21.3 Å². The van der Waals surface area contributed by atoms with Crippen molar-refractivity contribution < 1.29 is 23.9 Å². The number of nitrogens with one attached hydrogen (secondary N) is 1. The molecule has 0 aromatic heterocycles. The molecule has 0 spiro atoms. The molecule has 0 radical (unpaired) electrons. The molecule has 0 fully saturated rings. The van der Waals surface area contributed by atoms with Gasteiger partial charge in [0.15, 0.2) is 0 Å². The molecule has 21 heavy (non-hydrogen) atoms. The third-order valence-electron chi connectivity index (χ3n) is 2.46. The van der Waals surface area contributed by atoms with Crippen LogP contribution in [0, 0.1) is 0 Å². The fourth-order valence-electron chi connectivity index (χ4n) is 1.47. The molecule has 0 saturated carbocycles. The summed E-state index contributed by atoms with van der Waals surface area (Å²) in [5.74, 6) is -2.69. The van der Waals surface area contributed by atoms with Crippen LogP contribution in [0.2, 0.25) is 0 Å². The van der Waals surface area contributed by atoms with Crippen molar-refractivity contribution in [1.82, 2.24) is 0 Å². The summed E-state index contributed by atoms with van der Waals surface area (Å²) in [7, 11) is 0. The highest BCUT2D eigenvalue weighted by Gasteiger charge is 2.54. The van der Waals surface area contributed by atoms with Crippen LogP contribution in [0.3, 0.4) is 0 Å². The van der Waals surface area contributed by atoms with Crippen LogP contribution in [0.15, 0.2) is 30.3 Å². The maximum absolute atomic E-state index is 12.3. The van der Waals surface area contributed by atoms with Gasteiger partial charge in [-0.05, 0) is 48.6 Å². The van der Waals surface area contributed by atoms with E-state index in [2.05, 4.69) is 5.32 Å². The lowest BCUT2D eigenvalue weighted by atomic mass is 10.1. The van der Waals surface area contributed by atoms with Crippen molar-refractivity contribution in [3.63, 3.8) is 0 Å². The van der Waals surface area contributed by atoms with Gasteiger partial charge in [0, 0.05) is 5.69 Å². The van der Waals surface area contributed by atoms with Crippen molar-refractivity contribution in [2.45, 2.75) is 17.3 Å². The van der Waals surface area contributed by atoms with Gasteiger partial charge in [-0.25, -0.2) is 9.59 Å². The van der Waals surface area contributed by atoms with E-state index in [0.717, 1.165) is 0 Å². The number of esters is 2. The molecule has 1 aromatic carbocycles. The summed E-state index contributed by atoms with van der Waals surface area (Å²) in [6.07, 6.45) is 0. The minimum atomic E-state index is -2.07. The normalized spacial score (nSPS) is 10.6. The molecule has 6 nitrogen and oxygen atoms in total. The number of anilines is 1. The average molecular weight is 405 g/mol. The summed E-state index contributed by atoms with van der Waals surface area (Å²) < 4.78 is 7.58. The maximum Gasteiger partial charge on any atom is 0.343 e. The lowest BCUT2D eigenvalue weighted by molar-refractivity contribution is -0.159. The van der Waals surface area contributed by atoms with Crippen LogP contribution in [0.4, 0.5) is 5.69 Å². The SMILES string of the molecule is CCOC(=O)C(I)(C(=O)Nc1ccccc1)C(=O)OCC. The predicted octanol–water partition coefficient (Wildman–Crippen LogP) is 1.93. The zero-order chi connectivity index (χ0) is 15.9. The Balaban J connectivity index is 3.03. The van der Waals surface area contributed by atoms with Crippen LogP contribution in [-0.2, 0) is 23.9 Å². The van der Waals surface area contributed by atoms with Crippen LogP contribution in [0.1, 0.15) is 13.8 Å². The number of carbonyl (C=O) groups excluding carboxylic acids is 3. The lowest BCUT2D eigenvalue weighted by Gasteiger charge is -2.22. The second-order valence-corrected chi connectivity index (χ2v) is 5.54. The number of benzene rings is 1. The molecule has 7 heteroatoms. The summed E-state index contributed by atoms with van der Waals surface area (Å²) in [6, 6.07) is 8.51. The number of ether oxygens (including phenoxy) is 2. The zero-order valence-electron chi connectivity index (χ0n) is 11.7. The van der Waals surface area contributed by atoms with E-state index in [1.165, 1.54) is 22.6 Å². The van der Waals surface area contributed by atoms with Crippen LogP contribution in [0.5, 0.6) is 0 Å². The van der Waals surface area contributed by atoms with Gasteiger partial charge in [-0.15, -0.1) is 0 Å². The highest BCUT2D eigenvalue weighted by molar-refractivity contribution is 14.1. The molecule has 0 aliphatic carbocycles. The monoisotopic (exact) mass is 405 g/mol. The summed E-state index contributed by atoms with van der Waals surface area (Å²) in [5.41, 5.74) is 0.470. The fraction of sp³-hybridized carbons (Fsp3) is 0.357. The standard InChI is InChI=1S/C14H16INO5/c1-3-20-12(18)14(15,13(19)21-4-2)11(17)16-10-8-6-5-7-9-10/h5-9H,3-4H2,1-2H3,(H,16,17). The molecule has 0 bridgehead atoms. The van der Waals surface area contributed by atoms with Crippen LogP contribution in [0.25, 0.3) is 0 Å². The number of carbonyl (C=O) groups is 3. The van der Waals surface area contributed by atoms with Crippen LogP contribution in [-0.4, -0.2) is 34.5 Å². The van der Waals surface area contributed by atoms with E-state index >= 15 is 0 Å². The van der Waals surface area contributed by atoms with E-state index in [1.807, 2.05) is 0 Å². The molecule has 1 rings (SSSR count). The summed E-state index contributed by atoms with van der Waals surface area (Å²) in [5, 5.41) is 2.51. The van der Waals surface area contributed by atoms with Gasteiger partial charge in [0.25, 0.3) is 9.33 Å². The fourth-order valence-corrected chi connectivity index (χ4v) is 1.91. The van der Waals surface area contributed by atoms with Gasteiger partial charge in [0.1, 0.15) is 0 Å². The minimum absolute atomic E-state index is 0.0571. The van der Waals surface area contributed by atoms with Gasteiger partial charge in [-0.3, -0.25) is 4.79 Å². The molecule has 0 atom stereocenters. The lowest BCUT2D eigenvalue weighted by Crippen LogP contribution is -2.52. The predicted molar refractivity (Wildman–Crippen MR) is 85.1 cm³/mol. The van der Waals surface area contributed by atoms with Crippen molar-refractivity contribution >= 4 is 46.1 Å². The Morgan fingerprint density at radius 1 is 1.05 bits per heavy atom. The van der Waals surface area contributed by atoms with Crippen molar-refractivity contribution in [1.29, 1.82) is 0 Å². The number of rotatable bonds is 6. The number of hydrogen-bond acceptors (Lipinski definition) is 5. The second-order valence-electron chi connectivity index (χ2n) is 3.92. The van der Waals surface area contributed by atoms with E-state index in [1.54, 1.807) is 44.2 Å². The van der Waals surface area contributed by atoms with Gasteiger partial charge in [0.2, 0.25) is 0 Å². The number of hydrogen-bond donors (Lipinski definition) is 1. The molecule has 0 aliphatic rings. The number of para-hydroxylation sites is 1. The van der Waals surface area contributed by atoms with Gasteiger partial charge in [-0.2, -0.15) is 0 Å². The quantitative estimate of drug-likeness (QED) is 0.339. The summed E-state index contributed by atoms with van der Waals surface area (Å²) >= 11 is 1.47. The van der Waals surface area contributed by atoms with Gasteiger partial charge in [-0.1, -0.05) is 18.2 Å². The third-order valence-corrected chi connectivity index (χ3v) is 3.83. The largest absolute Gasteiger partial charge is 0.464 e. The molecule has 1 N–H and O–H groups in total. The molecular formula is C14H16INO5. The number of amides is 1. The zero-order valence-corrected chi connectivity index (χ0v) is 13.9. The summed E-state index contributed by atoms with van der Waals surface area (Å²) in [6.45, 7) is 3.30. The molecular weight excluding hydrogens is 389 g/mol. The first-order chi connectivity index (χ1) is 9.96. The van der Waals surface area contributed by atoms with Crippen molar-refractivity contribution in [3.8, 4) is 0 Å². The Morgan fingerprint density at radius 3 is 1.95 bits per heavy atom. The summed E-state index contributed by atoms with van der Waals surface area (Å²) in [4.78, 5) is 36.4. The van der Waals surface area contributed by atoms with E-state index in [0.29, 0.717) is 5.69 Å². The smallest absolute Gasteiger partial charge is 0.343 e. The molecule has 0 unspecified atom stereocenters. The van der Waals surface area contributed by atoms with Crippen LogP contribution >= 0.6 is 22.6 Å². The first-order valence-electron chi connectivity index (χ1n) is 6.36. The van der Waals surface area contributed by atoms with Gasteiger partial charge in [0.05, 0.1) is 13.2 Å². The molecule has 1 aromatic rings. The molecule has 1 amide bonds. The molecule has 114 valence electrons. The van der Waals surface area contributed by atoms with E-state index in [-0.39, 0.29) is 13.2 Å². The molecule has 0 aliphatic heterocycles. The molecule has 0 heterocycles. The maximum atomic E-state index is 12.3. The minimum Gasteiger partial charge on any atom is -0.464 e. The van der Waals surface area contributed by atoms with Gasteiger partial charge < -0.3 is 14.8 Å². The van der Waals surface area contributed by atoms with Crippen LogP contribution < -0.4 is 5.32 Å². The first-order valence-corrected chi connectivity index (χ1v) is 7.44. The highest BCUT2D eigenvalue weighted by Crippen LogP contribution is 2.25. The van der Waals surface area contributed by atoms with Crippen molar-refractivity contribution in [2.24, 2.45) is 0 Å². The van der Waals surface area contributed by atoms with E-state index in [4.69, 9.17) is 9.47 Å². The number of alkyl halides is 1. The van der Waals surface area contributed by atoms with Crippen molar-refractivity contribution in [2.75, 3.05) is 18.5 Å². The third kappa shape index (κ3) is 4.16. The Kier molecular flexibility index (Phi) is 6.60. The average Bonchev–Trinajstić information content (AvgIpc) is 2.47. The second kappa shape index (κ2) is 7.96. The van der Waals surface area contributed by atoms with Crippen molar-refractivity contribution in [3.05, 3.63) is 30.3 Å². The first kappa shape index (κ1) is 17.4. The Hall–Kier alpha value is -1.64. The highest BCUT2D eigenvalue weighted by atomic mass is 127. The topological polar surface area (TPSA) is 81.7 Å².